The van der Waals surface area contributed by atoms with E-state index in [9.17, 15) is 4.39 Å². The SMILES string of the molecule is Cl.N[C@H](CCF)c1cccc(-c2ccccc2)c1. The highest BCUT2D eigenvalue weighted by molar-refractivity contribution is 5.85. The van der Waals surface area contributed by atoms with Crippen LogP contribution in [0.3, 0.4) is 0 Å². The third kappa shape index (κ3) is 3.56. The summed E-state index contributed by atoms with van der Waals surface area (Å²) in [5, 5.41) is 0. The standard InChI is InChI=1S/C15H16FN.ClH/c16-10-9-15(17)14-8-4-7-13(11-14)12-5-2-1-3-6-12;/h1-8,11,15H,9-10,17H2;1H/t15-;/m1./s1. The molecule has 0 bridgehead atoms. The highest BCUT2D eigenvalue weighted by Gasteiger charge is 2.06. The van der Waals surface area contributed by atoms with Crippen molar-refractivity contribution in [2.75, 3.05) is 6.67 Å². The number of hydrogen-bond acceptors (Lipinski definition) is 1. The quantitative estimate of drug-likeness (QED) is 0.884. The number of rotatable bonds is 4. The number of alkyl halides is 1. The van der Waals surface area contributed by atoms with Crippen molar-refractivity contribution in [3.63, 3.8) is 0 Å². The summed E-state index contributed by atoms with van der Waals surface area (Å²) < 4.78 is 12.3. The van der Waals surface area contributed by atoms with Crippen molar-refractivity contribution < 1.29 is 4.39 Å². The van der Waals surface area contributed by atoms with Crippen LogP contribution in [-0.2, 0) is 0 Å². The van der Waals surface area contributed by atoms with Crippen LogP contribution in [0.1, 0.15) is 18.0 Å². The first-order chi connectivity index (χ1) is 8.31. The van der Waals surface area contributed by atoms with Crippen molar-refractivity contribution in [1.82, 2.24) is 0 Å². The van der Waals surface area contributed by atoms with Gasteiger partial charge in [0.1, 0.15) is 0 Å². The Labute approximate surface area is 113 Å². The lowest BCUT2D eigenvalue weighted by molar-refractivity contribution is 0.442. The molecule has 96 valence electrons. The maximum Gasteiger partial charge on any atom is 0.0912 e. The second-order valence-electron chi connectivity index (χ2n) is 4.08. The lowest BCUT2D eigenvalue weighted by Gasteiger charge is -2.11. The summed E-state index contributed by atoms with van der Waals surface area (Å²) in [5.41, 5.74) is 9.18. The van der Waals surface area contributed by atoms with E-state index in [2.05, 4.69) is 12.1 Å². The van der Waals surface area contributed by atoms with Crippen LogP contribution in [0.25, 0.3) is 11.1 Å². The highest BCUT2D eigenvalue weighted by Crippen LogP contribution is 2.23. The fourth-order valence-electron chi connectivity index (χ4n) is 1.86. The molecule has 0 saturated heterocycles. The molecule has 1 atom stereocenters. The van der Waals surface area contributed by atoms with E-state index in [1.165, 1.54) is 0 Å². The number of hydrogen-bond donors (Lipinski definition) is 1. The first-order valence-electron chi connectivity index (χ1n) is 5.78. The molecule has 3 heteroatoms. The molecule has 2 N–H and O–H groups in total. The van der Waals surface area contributed by atoms with E-state index < -0.39 is 0 Å². The second-order valence-corrected chi connectivity index (χ2v) is 4.08. The molecule has 2 rings (SSSR count). The van der Waals surface area contributed by atoms with Gasteiger partial charge in [-0.25, -0.2) is 0 Å². The molecule has 0 aromatic heterocycles. The van der Waals surface area contributed by atoms with Gasteiger partial charge in [0.15, 0.2) is 0 Å². The number of nitrogens with two attached hydrogens (primary N) is 1. The van der Waals surface area contributed by atoms with Gasteiger partial charge < -0.3 is 5.73 Å². The average Bonchev–Trinajstić information content (AvgIpc) is 2.40. The Morgan fingerprint density at radius 2 is 1.61 bits per heavy atom. The Balaban J connectivity index is 0.00000162. The van der Waals surface area contributed by atoms with Gasteiger partial charge in [-0.2, -0.15) is 0 Å². The Morgan fingerprint density at radius 3 is 2.28 bits per heavy atom. The summed E-state index contributed by atoms with van der Waals surface area (Å²) in [6.07, 6.45) is 0.373. The van der Waals surface area contributed by atoms with Crippen molar-refractivity contribution in [1.29, 1.82) is 0 Å². The number of benzene rings is 2. The Morgan fingerprint density at radius 1 is 0.944 bits per heavy atom. The lowest BCUT2D eigenvalue weighted by atomic mass is 9.99. The third-order valence-corrected chi connectivity index (χ3v) is 2.84. The van der Waals surface area contributed by atoms with Gasteiger partial charge in [-0.15, -0.1) is 12.4 Å². The van der Waals surface area contributed by atoms with Crippen LogP contribution in [0.15, 0.2) is 54.6 Å². The predicted octanol–water partition coefficient (Wildman–Crippen LogP) is 4.13. The van der Waals surface area contributed by atoms with E-state index in [1.807, 2.05) is 42.5 Å². The summed E-state index contributed by atoms with van der Waals surface area (Å²) in [6.45, 7) is -0.378. The zero-order valence-electron chi connectivity index (χ0n) is 10.1. The summed E-state index contributed by atoms with van der Waals surface area (Å²) in [5.74, 6) is 0. The second kappa shape index (κ2) is 7.14. The van der Waals surface area contributed by atoms with Crippen LogP contribution >= 0.6 is 12.4 Å². The van der Waals surface area contributed by atoms with E-state index in [4.69, 9.17) is 5.73 Å². The van der Waals surface area contributed by atoms with Crippen LogP contribution in [-0.4, -0.2) is 6.67 Å². The summed E-state index contributed by atoms with van der Waals surface area (Å²) >= 11 is 0. The minimum atomic E-state index is -0.378. The van der Waals surface area contributed by atoms with Gasteiger partial charge in [0.05, 0.1) is 6.67 Å². The molecule has 2 aromatic carbocycles. The van der Waals surface area contributed by atoms with E-state index in [0.29, 0.717) is 6.42 Å². The van der Waals surface area contributed by atoms with Crippen molar-refractivity contribution in [2.45, 2.75) is 12.5 Å². The zero-order chi connectivity index (χ0) is 12.1. The van der Waals surface area contributed by atoms with Crippen molar-refractivity contribution in [2.24, 2.45) is 5.73 Å². The summed E-state index contributed by atoms with van der Waals surface area (Å²) in [7, 11) is 0. The van der Waals surface area contributed by atoms with Crippen LogP contribution in [0.2, 0.25) is 0 Å². The van der Waals surface area contributed by atoms with Crippen LogP contribution in [0.4, 0.5) is 4.39 Å². The van der Waals surface area contributed by atoms with Crippen LogP contribution in [0, 0.1) is 0 Å². The molecule has 1 nitrogen and oxygen atoms in total. The Kier molecular flexibility index (Phi) is 5.83. The van der Waals surface area contributed by atoms with E-state index in [-0.39, 0.29) is 25.1 Å². The fraction of sp³-hybridized carbons (Fsp3) is 0.200. The van der Waals surface area contributed by atoms with Crippen LogP contribution in [0.5, 0.6) is 0 Å². The fourth-order valence-corrected chi connectivity index (χ4v) is 1.86. The molecule has 0 heterocycles. The summed E-state index contributed by atoms with van der Waals surface area (Å²) in [6, 6.07) is 17.9. The number of halogens is 2. The smallest absolute Gasteiger partial charge is 0.0912 e. The molecule has 0 aliphatic rings. The van der Waals surface area contributed by atoms with Gasteiger partial charge in [-0.05, 0) is 29.2 Å². The molecule has 0 spiro atoms. The maximum atomic E-state index is 12.3. The molecular weight excluding hydrogens is 249 g/mol. The molecule has 0 amide bonds. The molecule has 2 aromatic rings. The van der Waals surface area contributed by atoms with Gasteiger partial charge >= 0.3 is 0 Å². The maximum absolute atomic E-state index is 12.3. The largest absolute Gasteiger partial charge is 0.324 e. The zero-order valence-corrected chi connectivity index (χ0v) is 10.9. The minimum Gasteiger partial charge on any atom is -0.324 e. The molecule has 0 radical (unpaired) electrons. The first-order valence-corrected chi connectivity index (χ1v) is 5.78. The predicted molar refractivity (Wildman–Crippen MR) is 76.6 cm³/mol. The molecule has 18 heavy (non-hydrogen) atoms. The summed E-state index contributed by atoms with van der Waals surface area (Å²) in [4.78, 5) is 0. The van der Waals surface area contributed by atoms with Gasteiger partial charge in [0.25, 0.3) is 0 Å². The molecule has 0 saturated carbocycles. The molecule has 0 fully saturated rings. The highest BCUT2D eigenvalue weighted by atomic mass is 35.5. The molecule has 0 unspecified atom stereocenters. The van der Waals surface area contributed by atoms with Crippen molar-refractivity contribution >= 4 is 12.4 Å². The van der Waals surface area contributed by atoms with E-state index in [0.717, 1.165) is 16.7 Å². The monoisotopic (exact) mass is 265 g/mol. The Bertz CT molecular complexity index is 473. The van der Waals surface area contributed by atoms with Crippen molar-refractivity contribution in [3.8, 4) is 11.1 Å². The molecular formula is C15H17ClFN. The lowest BCUT2D eigenvalue weighted by Crippen LogP contribution is -2.10. The minimum absolute atomic E-state index is 0. The first kappa shape index (κ1) is 14.7. The van der Waals surface area contributed by atoms with Gasteiger partial charge in [0, 0.05) is 6.04 Å². The normalized spacial score (nSPS) is 11.7. The average molecular weight is 266 g/mol. The molecule has 0 aliphatic carbocycles. The van der Waals surface area contributed by atoms with Crippen LogP contribution < -0.4 is 5.73 Å². The topological polar surface area (TPSA) is 26.0 Å². The van der Waals surface area contributed by atoms with Crippen molar-refractivity contribution in [3.05, 3.63) is 60.2 Å². The Hall–Kier alpha value is -1.38. The van der Waals surface area contributed by atoms with Gasteiger partial charge in [-0.1, -0.05) is 48.5 Å². The van der Waals surface area contributed by atoms with E-state index in [1.54, 1.807) is 0 Å². The van der Waals surface area contributed by atoms with E-state index >= 15 is 0 Å². The van der Waals surface area contributed by atoms with Gasteiger partial charge in [0.2, 0.25) is 0 Å². The molecule has 0 aliphatic heterocycles. The third-order valence-electron chi connectivity index (χ3n) is 2.84. The van der Waals surface area contributed by atoms with Gasteiger partial charge in [-0.3, -0.25) is 4.39 Å².